The van der Waals surface area contributed by atoms with Gasteiger partial charge in [-0.15, -0.1) is 0 Å². The van der Waals surface area contributed by atoms with E-state index >= 15 is 0 Å². The molecule has 5 nitrogen and oxygen atoms in total. The Morgan fingerprint density at radius 2 is 2.06 bits per heavy atom. The van der Waals surface area contributed by atoms with E-state index in [1.807, 2.05) is 4.90 Å². The minimum absolute atomic E-state index is 0.0496. The van der Waals surface area contributed by atoms with Crippen molar-refractivity contribution in [3.05, 3.63) is 0 Å². The zero-order chi connectivity index (χ0) is 12.5. The van der Waals surface area contributed by atoms with Crippen LogP contribution in [0.15, 0.2) is 0 Å². The van der Waals surface area contributed by atoms with E-state index in [0.717, 1.165) is 44.3 Å². The Morgan fingerprint density at radius 1 is 1.33 bits per heavy atom. The molecule has 0 radical (unpaired) electrons. The highest BCUT2D eigenvalue weighted by Gasteiger charge is 2.37. The van der Waals surface area contributed by atoms with Gasteiger partial charge in [0.2, 0.25) is 5.91 Å². The molecule has 3 aliphatic rings. The number of fused-ring (bicyclic) bond motifs is 1. The summed E-state index contributed by atoms with van der Waals surface area (Å²) >= 11 is 0. The largest absolute Gasteiger partial charge is 0.326 e. The average Bonchev–Trinajstić information content (AvgIpc) is 3.00. The Kier molecular flexibility index (Phi) is 3.54. The first-order valence-electron chi connectivity index (χ1n) is 7.23. The van der Waals surface area contributed by atoms with E-state index in [1.54, 1.807) is 0 Å². The van der Waals surface area contributed by atoms with Gasteiger partial charge in [-0.25, -0.2) is 0 Å². The lowest BCUT2D eigenvalue weighted by Crippen LogP contribution is -2.46. The molecular formula is C13H24N4O. The van der Waals surface area contributed by atoms with Gasteiger partial charge in [-0.3, -0.25) is 4.79 Å². The smallest absolute Gasteiger partial charge is 0.237 e. The van der Waals surface area contributed by atoms with Gasteiger partial charge in [-0.05, 0) is 50.6 Å². The number of carbonyl (C=O) groups excluding carboxylic acids is 1. The molecule has 0 spiro atoms. The van der Waals surface area contributed by atoms with Gasteiger partial charge in [0.15, 0.2) is 0 Å². The number of likely N-dealkylation sites (tertiary alicyclic amines) is 1. The van der Waals surface area contributed by atoms with Crippen LogP contribution in [0.4, 0.5) is 0 Å². The summed E-state index contributed by atoms with van der Waals surface area (Å²) in [6.07, 6.45) is 4.39. The van der Waals surface area contributed by atoms with Gasteiger partial charge >= 0.3 is 0 Å². The van der Waals surface area contributed by atoms with Crippen molar-refractivity contribution in [3.8, 4) is 0 Å². The molecule has 0 unspecified atom stereocenters. The van der Waals surface area contributed by atoms with Crippen LogP contribution in [-0.2, 0) is 4.79 Å². The maximum Gasteiger partial charge on any atom is 0.237 e. The Morgan fingerprint density at radius 3 is 2.67 bits per heavy atom. The van der Waals surface area contributed by atoms with Gasteiger partial charge < -0.3 is 21.3 Å². The standard InChI is InChI=1S/C13H24N4O/c14-12-2-1-3-17(12)13(18)8-16-11-4-9-6-15-7-10(9)5-11/h9-12,15-16H,1-8,14H2/t9-,10+,11-,12-/m0/s1. The molecule has 18 heavy (non-hydrogen) atoms. The third kappa shape index (κ3) is 2.39. The van der Waals surface area contributed by atoms with Gasteiger partial charge in [0, 0.05) is 12.6 Å². The Bertz CT molecular complexity index is 310. The van der Waals surface area contributed by atoms with Crippen molar-refractivity contribution in [1.82, 2.24) is 15.5 Å². The number of nitrogens with one attached hydrogen (secondary N) is 2. The number of nitrogens with two attached hydrogens (primary N) is 1. The van der Waals surface area contributed by atoms with E-state index in [9.17, 15) is 4.79 Å². The third-order valence-electron chi connectivity index (χ3n) is 4.82. The summed E-state index contributed by atoms with van der Waals surface area (Å²) in [5, 5.41) is 6.87. The van der Waals surface area contributed by atoms with Gasteiger partial charge in [-0.2, -0.15) is 0 Å². The number of hydrogen-bond donors (Lipinski definition) is 3. The predicted molar refractivity (Wildman–Crippen MR) is 69.8 cm³/mol. The van der Waals surface area contributed by atoms with E-state index in [-0.39, 0.29) is 12.1 Å². The molecule has 5 heteroatoms. The molecule has 1 saturated carbocycles. The molecule has 0 aromatic heterocycles. The Labute approximate surface area is 108 Å². The van der Waals surface area contributed by atoms with Crippen molar-refractivity contribution in [2.24, 2.45) is 17.6 Å². The van der Waals surface area contributed by atoms with Crippen molar-refractivity contribution >= 4 is 5.91 Å². The quantitative estimate of drug-likeness (QED) is 0.632. The van der Waals surface area contributed by atoms with Crippen LogP contribution < -0.4 is 16.4 Å². The number of hydrogen-bond acceptors (Lipinski definition) is 4. The number of nitrogens with zero attached hydrogens (tertiary/aromatic N) is 1. The first kappa shape index (κ1) is 12.4. The lowest BCUT2D eigenvalue weighted by atomic mass is 10.0. The molecule has 4 N–H and O–H groups in total. The van der Waals surface area contributed by atoms with Gasteiger partial charge in [-0.1, -0.05) is 0 Å². The van der Waals surface area contributed by atoms with Gasteiger partial charge in [0.1, 0.15) is 0 Å². The molecule has 3 fully saturated rings. The van der Waals surface area contributed by atoms with Crippen molar-refractivity contribution in [2.75, 3.05) is 26.2 Å². The van der Waals surface area contributed by atoms with E-state index in [4.69, 9.17) is 5.73 Å². The van der Waals surface area contributed by atoms with Crippen LogP contribution in [0.5, 0.6) is 0 Å². The second-order valence-corrected chi connectivity index (χ2v) is 6.02. The fourth-order valence-corrected chi connectivity index (χ4v) is 3.77. The summed E-state index contributed by atoms with van der Waals surface area (Å²) in [4.78, 5) is 13.9. The molecule has 2 aliphatic heterocycles. The molecule has 2 saturated heterocycles. The summed E-state index contributed by atoms with van der Waals surface area (Å²) < 4.78 is 0. The minimum atomic E-state index is -0.0496. The van der Waals surface area contributed by atoms with Crippen LogP contribution in [0, 0.1) is 11.8 Å². The molecule has 3 rings (SSSR count). The highest BCUT2D eigenvalue weighted by atomic mass is 16.2. The molecule has 0 bridgehead atoms. The third-order valence-corrected chi connectivity index (χ3v) is 4.82. The van der Waals surface area contributed by atoms with Gasteiger partial charge in [0.05, 0.1) is 12.7 Å². The Hall–Kier alpha value is -0.650. The molecule has 1 aliphatic carbocycles. The van der Waals surface area contributed by atoms with E-state index < -0.39 is 0 Å². The number of carbonyl (C=O) groups is 1. The van der Waals surface area contributed by atoms with Crippen molar-refractivity contribution in [3.63, 3.8) is 0 Å². The highest BCUT2D eigenvalue weighted by molar-refractivity contribution is 5.78. The maximum atomic E-state index is 12.0. The molecule has 0 aromatic rings. The molecule has 102 valence electrons. The average molecular weight is 252 g/mol. The molecule has 2 heterocycles. The molecule has 0 aromatic carbocycles. The monoisotopic (exact) mass is 252 g/mol. The lowest BCUT2D eigenvalue weighted by Gasteiger charge is -2.22. The predicted octanol–water partition coefficient (Wildman–Crippen LogP) is -0.519. The summed E-state index contributed by atoms with van der Waals surface area (Å²) in [7, 11) is 0. The molecule has 4 atom stereocenters. The second-order valence-electron chi connectivity index (χ2n) is 6.02. The lowest BCUT2D eigenvalue weighted by molar-refractivity contribution is -0.131. The SMILES string of the molecule is N[C@@H]1CCCN1C(=O)CN[C@H]1C[C@H]2CNC[C@H]2C1. The van der Waals surface area contributed by atoms with E-state index in [1.165, 1.54) is 12.8 Å². The molecular weight excluding hydrogens is 228 g/mol. The second kappa shape index (κ2) is 5.15. The van der Waals surface area contributed by atoms with E-state index in [2.05, 4.69) is 10.6 Å². The molecule has 1 amide bonds. The minimum Gasteiger partial charge on any atom is -0.326 e. The zero-order valence-corrected chi connectivity index (χ0v) is 10.9. The Balaban J connectivity index is 1.43. The topological polar surface area (TPSA) is 70.4 Å². The van der Waals surface area contributed by atoms with Crippen LogP contribution in [0.25, 0.3) is 0 Å². The first-order chi connectivity index (χ1) is 8.74. The van der Waals surface area contributed by atoms with Crippen molar-refractivity contribution in [1.29, 1.82) is 0 Å². The number of rotatable bonds is 3. The summed E-state index contributed by atoms with van der Waals surface area (Å²) in [5.74, 6) is 1.83. The summed E-state index contributed by atoms with van der Waals surface area (Å²) in [6, 6.07) is 0.532. The zero-order valence-electron chi connectivity index (χ0n) is 10.9. The van der Waals surface area contributed by atoms with Crippen LogP contribution in [0.3, 0.4) is 0 Å². The fourth-order valence-electron chi connectivity index (χ4n) is 3.77. The fraction of sp³-hybridized carbons (Fsp3) is 0.923. The van der Waals surface area contributed by atoms with Crippen LogP contribution in [0.2, 0.25) is 0 Å². The van der Waals surface area contributed by atoms with Crippen molar-refractivity contribution < 1.29 is 4.79 Å². The van der Waals surface area contributed by atoms with Crippen LogP contribution >= 0.6 is 0 Å². The van der Waals surface area contributed by atoms with Crippen molar-refractivity contribution in [2.45, 2.75) is 37.9 Å². The maximum absolute atomic E-state index is 12.0. The summed E-state index contributed by atoms with van der Waals surface area (Å²) in [5.41, 5.74) is 5.91. The first-order valence-corrected chi connectivity index (χ1v) is 7.23. The van der Waals surface area contributed by atoms with Gasteiger partial charge in [0.25, 0.3) is 0 Å². The van der Waals surface area contributed by atoms with Crippen LogP contribution in [-0.4, -0.2) is 49.2 Å². The van der Waals surface area contributed by atoms with Crippen LogP contribution in [0.1, 0.15) is 25.7 Å². The van der Waals surface area contributed by atoms with E-state index in [0.29, 0.717) is 12.6 Å². The summed E-state index contributed by atoms with van der Waals surface area (Å²) in [6.45, 7) is 3.62. The normalized spacial score (nSPS) is 39.3. The highest BCUT2D eigenvalue weighted by Crippen LogP contribution is 2.34. The number of amides is 1.